The first-order valence-electron chi connectivity index (χ1n) is 10.2. The van der Waals surface area contributed by atoms with Crippen molar-refractivity contribution in [3.8, 4) is 5.75 Å². The minimum Gasteiger partial charge on any atom is -0.457 e. The molecule has 4 heteroatoms. The van der Waals surface area contributed by atoms with Crippen molar-refractivity contribution in [1.29, 1.82) is 0 Å². The average Bonchev–Trinajstić information content (AvgIpc) is 2.79. The van der Waals surface area contributed by atoms with Crippen LogP contribution in [0.4, 0.5) is 0 Å². The van der Waals surface area contributed by atoms with Gasteiger partial charge in [0.2, 0.25) is 0 Å². The lowest BCUT2D eigenvalue weighted by molar-refractivity contribution is 0.0538. The Morgan fingerprint density at radius 1 is 1.13 bits per heavy atom. The molecule has 1 aromatic carbocycles. The van der Waals surface area contributed by atoms with Gasteiger partial charge in [0.25, 0.3) is 0 Å². The molecular weight excluding hydrogens is 372 g/mol. The van der Waals surface area contributed by atoms with Gasteiger partial charge in [0.15, 0.2) is 0 Å². The highest BCUT2D eigenvalue weighted by Crippen LogP contribution is 2.17. The van der Waals surface area contributed by atoms with E-state index >= 15 is 0 Å². The van der Waals surface area contributed by atoms with E-state index in [2.05, 4.69) is 44.6 Å². The molecule has 0 bridgehead atoms. The SMILES string of the molecule is C=C/C(=C\C=C(/C=C)C(=C)N=C(/C=C(\C)N1CCOCC1)CC)Oc1ccccc1. The summed E-state index contributed by atoms with van der Waals surface area (Å²) in [5.41, 5.74) is 3.66. The van der Waals surface area contributed by atoms with Crippen molar-refractivity contribution in [1.82, 2.24) is 4.90 Å². The lowest BCUT2D eigenvalue weighted by Gasteiger charge is -2.29. The van der Waals surface area contributed by atoms with Crippen molar-refractivity contribution in [2.45, 2.75) is 20.3 Å². The standard InChI is InChI=1S/C26H32N2O2/c1-6-23(14-15-25(8-3)30-26-12-10-9-11-13-26)22(5)27-24(7-2)20-21(4)28-16-18-29-19-17-28/h6,8-15,20H,1,3,5,7,16-19H2,2,4H3/b21-20+,23-14+,25-15+,27-24?. The molecule has 0 aromatic heterocycles. The molecule has 158 valence electrons. The normalized spacial score (nSPS) is 16.3. The van der Waals surface area contributed by atoms with Gasteiger partial charge in [-0.1, -0.05) is 50.9 Å². The van der Waals surface area contributed by atoms with E-state index in [0.717, 1.165) is 49.8 Å². The average molecular weight is 405 g/mol. The van der Waals surface area contributed by atoms with Crippen LogP contribution in [0.3, 0.4) is 0 Å². The van der Waals surface area contributed by atoms with Crippen molar-refractivity contribution in [3.05, 3.63) is 103 Å². The molecule has 1 fully saturated rings. The molecule has 0 atom stereocenters. The molecule has 2 rings (SSSR count). The molecule has 0 spiro atoms. The Balaban J connectivity index is 2.15. The van der Waals surface area contributed by atoms with Gasteiger partial charge in [0.05, 0.1) is 18.9 Å². The number of morpholine rings is 1. The van der Waals surface area contributed by atoms with E-state index in [1.54, 1.807) is 12.2 Å². The Kier molecular flexibility index (Phi) is 9.62. The Labute approximate surface area is 180 Å². The highest BCUT2D eigenvalue weighted by Gasteiger charge is 2.11. The van der Waals surface area contributed by atoms with Crippen LogP contribution < -0.4 is 4.74 Å². The van der Waals surface area contributed by atoms with Gasteiger partial charge >= 0.3 is 0 Å². The summed E-state index contributed by atoms with van der Waals surface area (Å²) >= 11 is 0. The topological polar surface area (TPSA) is 34.1 Å². The van der Waals surface area contributed by atoms with E-state index < -0.39 is 0 Å². The number of nitrogens with zero attached hydrogens (tertiary/aromatic N) is 2. The summed E-state index contributed by atoms with van der Waals surface area (Å²) in [6, 6.07) is 9.60. The predicted molar refractivity (Wildman–Crippen MR) is 127 cm³/mol. The molecule has 0 radical (unpaired) electrons. The number of aliphatic imine (C=N–C) groups is 1. The molecule has 0 N–H and O–H groups in total. The molecule has 1 saturated heterocycles. The van der Waals surface area contributed by atoms with E-state index in [1.165, 1.54) is 5.70 Å². The number of hydrogen-bond acceptors (Lipinski definition) is 4. The van der Waals surface area contributed by atoms with Gasteiger partial charge in [0.1, 0.15) is 11.5 Å². The van der Waals surface area contributed by atoms with Gasteiger partial charge in [-0.15, -0.1) is 0 Å². The molecule has 0 amide bonds. The van der Waals surface area contributed by atoms with Gasteiger partial charge < -0.3 is 14.4 Å². The maximum absolute atomic E-state index is 5.83. The third-order valence-corrected chi connectivity index (χ3v) is 4.69. The quantitative estimate of drug-likeness (QED) is 0.279. The second-order valence-electron chi connectivity index (χ2n) is 6.80. The fourth-order valence-corrected chi connectivity index (χ4v) is 2.92. The van der Waals surface area contributed by atoms with Crippen LogP contribution in [0, 0.1) is 0 Å². The maximum Gasteiger partial charge on any atom is 0.127 e. The van der Waals surface area contributed by atoms with Crippen LogP contribution in [0.25, 0.3) is 0 Å². The third kappa shape index (κ3) is 7.37. The highest BCUT2D eigenvalue weighted by atomic mass is 16.5. The summed E-state index contributed by atoms with van der Waals surface area (Å²) < 4.78 is 11.3. The molecular formula is C26H32N2O2. The smallest absolute Gasteiger partial charge is 0.127 e. The highest BCUT2D eigenvalue weighted by molar-refractivity contribution is 5.96. The van der Waals surface area contributed by atoms with Gasteiger partial charge in [-0.2, -0.15) is 0 Å². The molecule has 0 aliphatic carbocycles. The zero-order chi connectivity index (χ0) is 21.8. The second kappa shape index (κ2) is 12.5. The van der Waals surface area contributed by atoms with E-state index in [1.807, 2.05) is 42.5 Å². The second-order valence-corrected chi connectivity index (χ2v) is 6.80. The van der Waals surface area contributed by atoms with Crippen molar-refractivity contribution >= 4 is 5.71 Å². The molecule has 1 heterocycles. The minimum absolute atomic E-state index is 0.635. The Morgan fingerprint density at radius 3 is 2.43 bits per heavy atom. The van der Waals surface area contributed by atoms with Crippen LogP contribution in [-0.2, 0) is 4.74 Å². The van der Waals surface area contributed by atoms with E-state index in [-0.39, 0.29) is 0 Å². The van der Waals surface area contributed by atoms with Crippen LogP contribution in [0.1, 0.15) is 20.3 Å². The fourth-order valence-electron chi connectivity index (χ4n) is 2.92. The van der Waals surface area contributed by atoms with Crippen LogP contribution in [0.5, 0.6) is 5.75 Å². The summed E-state index contributed by atoms with van der Waals surface area (Å²) in [6.07, 6.45) is 10.1. The zero-order valence-corrected chi connectivity index (χ0v) is 18.1. The monoisotopic (exact) mass is 404 g/mol. The van der Waals surface area contributed by atoms with E-state index in [4.69, 9.17) is 14.5 Å². The van der Waals surface area contributed by atoms with Crippen molar-refractivity contribution in [2.75, 3.05) is 26.3 Å². The summed E-state index contributed by atoms with van der Waals surface area (Å²) in [5, 5.41) is 0. The number of allylic oxidation sites excluding steroid dienone is 6. The number of ether oxygens (including phenoxy) is 2. The molecule has 4 nitrogen and oxygen atoms in total. The fraction of sp³-hybridized carbons (Fsp3) is 0.269. The Hall–Kier alpha value is -3.11. The van der Waals surface area contributed by atoms with E-state index in [0.29, 0.717) is 11.5 Å². The molecule has 30 heavy (non-hydrogen) atoms. The summed E-state index contributed by atoms with van der Waals surface area (Å²) in [5.74, 6) is 1.39. The van der Waals surface area contributed by atoms with Crippen LogP contribution in [-0.4, -0.2) is 36.9 Å². The van der Waals surface area contributed by atoms with Crippen LogP contribution >= 0.6 is 0 Å². The Morgan fingerprint density at radius 2 is 1.83 bits per heavy atom. The van der Waals surface area contributed by atoms with Gasteiger partial charge in [0, 0.05) is 24.5 Å². The maximum atomic E-state index is 5.83. The third-order valence-electron chi connectivity index (χ3n) is 4.69. The number of hydrogen-bond donors (Lipinski definition) is 0. The molecule has 1 aliphatic heterocycles. The van der Waals surface area contributed by atoms with Gasteiger partial charge in [-0.25, -0.2) is 0 Å². The van der Waals surface area contributed by atoms with Gasteiger partial charge in [-0.3, -0.25) is 4.99 Å². The summed E-state index contributed by atoms with van der Waals surface area (Å²) in [7, 11) is 0. The molecule has 1 aromatic rings. The first kappa shape index (κ1) is 23.2. The lowest BCUT2D eigenvalue weighted by Crippen LogP contribution is -2.35. The summed E-state index contributed by atoms with van der Waals surface area (Å²) in [6.45, 7) is 19.4. The van der Waals surface area contributed by atoms with Crippen LogP contribution in [0.2, 0.25) is 0 Å². The minimum atomic E-state index is 0.635. The molecule has 0 saturated carbocycles. The first-order chi connectivity index (χ1) is 14.6. The zero-order valence-electron chi connectivity index (χ0n) is 18.1. The van der Waals surface area contributed by atoms with Gasteiger partial charge in [-0.05, 0) is 55.4 Å². The van der Waals surface area contributed by atoms with E-state index in [9.17, 15) is 0 Å². The van der Waals surface area contributed by atoms with Crippen molar-refractivity contribution < 1.29 is 9.47 Å². The predicted octanol–water partition coefficient (Wildman–Crippen LogP) is 5.85. The molecule has 0 unspecified atom stereocenters. The van der Waals surface area contributed by atoms with Crippen molar-refractivity contribution in [3.63, 3.8) is 0 Å². The largest absolute Gasteiger partial charge is 0.457 e. The number of benzene rings is 1. The lowest BCUT2D eigenvalue weighted by atomic mass is 10.1. The Bertz CT molecular complexity index is 854. The van der Waals surface area contributed by atoms with Crippen LogP contribution in [0.15, 0.2) is 108 Å². The first-order valence-corrected chi connectivity index (χ1v) is 10.2. The molecule has 1 aliphatic rings. The number of para-hydroxylation sites is 1. The summed E-state index contributed by atoms with van der Waals surface area (Å²) in [4.78, 5) is 7.06. The van der Waals surface area contributed by atoms with Crippen molar-refractivity contribution in [2.24, 2.45) is 4.99 Å². The number of rotatable bonds is 10.